The highest BCUT2D eigenvalue weighted by Gasteiger charge is 2.31. The lowest BCUT2D eigenvalue weighted by molar-refractivity contribution is -0.112. The number of aromatic carboxylic acids is 1. The zero-order valence-corrected chi connectivity index (χ0v) is 58.1. The molecule has 512 valence electrons. The average molecular weight is 1410 g/mol. The number of nitrogens with zero attached hydrogens (tertiary/aromatic N) is 7. The van der Waals surface area contributed by atoms with Crippen LogP contribution in [0.5, 0.6) is 0 Å². The van der Waals surface area contributed by atoms with Gasteiger partial charge in [-0.1, -0.05) is 59.6 Å². The van der Waals surface area contributed by atoms with Crippen LogP contribution >= 0.6 is 58.8 Å². The Hall–Kier alpha value is -7.76. The smallest absolute Gasteiger partial charge is 0.410 e. The van der Waals surface area contributed by atoms with Crippen LogP contribution in [-0.2, 0) is 38.3 Å². The maximum Gasteiger partial charge on any atom is 0.410 e. The Morgan fingerprint density at radius 1 is 0.568 bits per heavy atom. The van der Waals surface area contributed by atoms with Crippen molar-refractivity contribution in [3.63, 3.8) is 0 Å². The standard InChI is InChI=1S/C20H20ClN3O2.C15H21ClN2O2.C10H13ClN2.C10H9NO3.C9H18N2O2.C5H3ClFN.ClH/c1-2-19(25)23-17-6-3-15(4-7-17)20(26)24-10-9-14(13-24)11-18-8-5-16(21)12-22-18;1-15(2,3)20-14(19)18-7-6-11(10-18)8-13-5-4-12(16)9-17-13;11-9-1-2-10(13-7-9)5-8-3-4-12-6-8;1-2-9(12)11-8-5-3-7(4-6-8)10(13)14;1-9(2,3)13-8(12)11-5-4-7(10)6-11;6-4-1-2-5(7)8-3-4;/h2-8,12,14H,1,9-11,13H2,(H,23,25);4-5,9,11H,6-8,10H2,1-3H3;1-2,7-8,12H,3-6H2;2-6H,1H2,(H,11,12)(H,13,14);7H,4-6,10H2,1-3H3;1-3H;1H/t14-;11-;8-;;7-;;/m000.1../s1. The summed E-state index contributed by atoms with van der Waals surface area (Å²) >= 11 is 22.8. The van der Waals surface area contributed by atoms with Gasteiger partial charge in [0.1, 0.15) is 11.2 Å². The van der Waals surface area contributed by atoms with E-state index in [0.717, 1.165) is 113 Å². The highest BCUT2D eigenvalue weighted by Crippen LogP contribution is 2.26. The molecule has 8 heterocycles. The van der Waals surface area contributed by atoms with Crippen molar-refractivity contribution < 1.29 is 47.7 Å². The Bertz CT molecular complexity index is 3380. The lowest BCUT2D eigenvalue weighted by Gasteiger charge is -2.24. The second-order valence-electron chi connectivity index (χ2n) is 24.5. The van der Waals surface area contributed by atoms with E-state index >= 15 is 0 Å². The van der Waals surface area contributed by atoms with Gasteiger partial charge < -0.3 is 51.0 Å². The summed E-state index contributed by atoms with van der Waals surface area (Å²) in [6.07, 6.45) is 15.1. The van der Waals surface area contributed by atoms with Gasteiger partial charge in [-0.2, -0.15) is 4.39 Å². The van der Waals surface area contributed by atoms with Gasteiger partial charge in [-0.05, 0) is 227 Å². The van der Waals surface area contributed by atoms with Crippen LogP contribution in [-0.4, -0.2) is 145 Å². The summed E-state index contributed by atoms with van der Waals surface area (Å²) in [4.78, 5) is 90.3. The second kappa shape index (κ2) is 39.9. The molecule has 4 fully saturated rings. The van der Waals surface area contributed by atoms with Gasteiger partial charge in [0.2, 0.25) is 17.8 Å². The number of hydrogen-bond donors (Lipinski definition) is 5. The number of rotatable bonds is 12. The molecule has 4 aliphatic rings. The van der Waals surface area contributed by atoms with E-state index in [1.165, 1.54) is 55.1 Å². The van der Waals surface area contributed by atoms with Crippen molar-refractivity contribution in [2.24, 2.45) is 23.5 Å². The fraction of sp³-hybridized carbons (Fsp3) is 0.391. The van der Waals surface area contributed by atoms with Crippen molar-refractivity contribution >= 4 is 106 Å². The molecule has 95 heavy (non-hydrogen) atoms. The molecule has 0 radical (unpaired) electrons. The predicted octanol–water partition coefficient (Wildman–Crippen LogP) is 13.7. The Kier molecular flexibility index (Phi) is 33.5. The number of ether oxygens (including phenoxy) is 2. The van der Waals surface area contributed by atoms with Gasteiger partial charge in [0.05, 0.1) is 25.7 Å². The van der Waals surface area contributed by atoms with Crippen LogP contribution in [0, 0.1) is 23.7 Å². The van der Waals surface area contributed by atoms with E-state index in [1.54, 1.807) is 52.7 Å². The van der Waals surface area contributed by atoms with Gasteiger partial charge >= 0.3 is 18.2 Å². The minimum absolute atomic E-state index is 0. The number of benzene rings is 2. The monoisotopic (exact) mass is 1410 g/mol. The molecule has 2 aromatic carbocycles. The minimum Gasteiger partial charge on any atom is -0.478 e. The first kappa shape index (κ1) is 79.7. The van der Waals surface area contributed by atoms with Crippen LogP contribution in [0.4, 0.5) is 25.4 Å². The highest BCUT2D eigenvalue weighted by molar-refractivity contribution is 6.31. The van der Waals surface area contributed by atoms with Crippen molar-refractivity contribution in [3.05, 3.63) is 201 Å². The van der Waals surface area contributed by atoms with Crippen LogP contribution in [0.2, 0.25) is 20.1 Å². The fourth-order valence-corrected chi connectivity index (χ4v) is 10.1. The third kappa shape index (κ3) is 31.1. The molecule has 0 saturated carbocycles. The minimum atomic E-state index is -0.994. The van der Waals surface area contributed by atoms with Gasteiger partial charge in [-0.15, -0.1) is 12.4 Å². The Morgan fingerprint density at radius 3 is 1.31 bits per heavy atom. The first-order valence-corrected chi connectivity index (χ1v) is 32.1. The summed E-state index contributed by atoms with van der Waals surface area (Å²) in [6, 6.07) is 27.0. The molecular formula is C69H85Cl5FN11O9. The largest absolute Gasteiger partial charge is 0.478 e. The zero-order chi connectivity index (χ0) is 69.0. The summed E-state index contributed by atoms with van der Waals surface area (Å²) in [7, 11) is 0. The first-order valence-electron chi connectivity index (χ1n) is 30.6. The molecule has 0 unspecified atom stereocenters. The Labute approximate surface area is 582 Å². The first-order chi connectivity index (χ1) is 44.5. The molecule has 5 amide bonds. The van der Waals surface area contributed by atoms with Crippen LogP contribution in [0.25, 0.3) is 0 Å². The molecule has 4 aromatic heterocycles. The molecule has 0 bridgehead atoms. The number of hydrogen-bond acceptors (Lipinski definition) is 14. The van der Waals surface area contributed by atoms with Crippen molar-refractivity contribution in [1.29, 1.82) is 0 Å². The Morgan fingerprint density at radius 2 is 0.958 bits per heavy atom. The van der Waals surface area contributed by atoms with E-state index in [4.69, 9.17) is 66.7 Å². The van der Waals surface area contributed by atoms with Gasteiger partial charge in [-0.3, -0.25) is 29.3 Å². The number of aromatic nitrogens is 4. The number of carbonyl (C=O) groups is 6. The average Bonchev–Trinajstić information content (AvgIpc) is 1.80. The van der Waals surface area contributed by atoms with Crippen LogP contribution in [0.3, 0.4) is 0 Å². The molecule has 0 spiro atoms. The van der Waals surface area contributed by atoms with E-state index in [9.17, 15) is 33.2 Å². The fourth-order valence-electron chi connectivity index (χ4n) is 9.63. The number of carboxylic acid groups (broad SMARTS) is 1. The van der Waals surface area contributed by atoms with Gasteiger partial charge in [0, 0.05) is 104 Å². The van der Waals surface area contributed by atoms with E-state index in [2.05, 4.69) is 49.0 Å². The van der Waals surface area contributed by atoms with Gasteiger partial charge in [0.25, 0.3) is 5.91 Å². The van der Waals surface area contributed by atoms with Gasteiger partial charge in [0.15, 0.2) is 0 Å². The molecule has 6 N–H and O–H groups in total. The summed E-state index contributed by atoms with van der Waals surface area (Å²) < 4.78 is 22.5. The van der Waals surface area contributed by atoms with Crippen molar-refractivity contribution in [1.82, 2.24) is 40.0 Å². The highest BCUT2D eigenvalue weighted by atomic mass is 35.5. The third-order valence-corrected chi connectivity index (χ3v) is 15.2. The third-order valence-electron chi connectivity index (χ3n) is 14.3. The van der Waals surface area contributed by atoms with Crippen LogP contribution in [0.1, 0.15) is 105 Å². The van der Waals surface area contributed by atoms with Gasteiger partial charge in [-0.25, -0.2) is 19.4 Å². The van der Waals surface area contributed by atoms with E-state index < -0.39 is 23.1 Å². The molecule has 4 saturated heterocycles. The Balaban J connectivity index is 0.000000251. The number of likely N-dealkylation sites (tertiary alicyclic amines) is 3. The topological polar surface area (TPSA) is 264 Å². The summed E-state index contributed by atoms with van der Waals surface area (Å²) in [6.45, 7) is 24.5. The van der Waals surface area contributed by atoms with Crippen molar-refractivity contribution in [3.8, 4) is 0 Å². The quantitative estimate of drug-likeness (QED) is 0.0563. The molecule has 4 aliphatic heterocycles. The number of anilines is 2. The molecule has 26 heteroatoms. The summed E-state index contributed by atoms with van der Waals surface area (Å²) in [5.41, 5.74) is 9.97. The maximum atomic E-state index is 12.7. The number of pyridine rings is 4. The number of carbonyl (C=O) groups excluding carboxylic acids is 5. The van der Waals surface area contributed by atoms with Crippen LogP contribution in [0.15, 0.2) is 147 Å². The van der Waals surface area contributed by atoms with Crippen molar-refractivity contribution in [2.75, 3.05) is 63.0 Å². The number of halogens is 6. The van der Waals surface area contributed by atoms with E-state index in [1.807, 2.05) is 82.8 Å². The lowest BCUT2D eigenvalue weighted by Crippen LogP contribution is -2.36. The summed E-state index contributed by atoms with van der Waals surface area (Å²) in [5.74, 6) is -0.488. The molecule has 10 rings (SSSR count). The molecule has 0 aliphatic carbocycles. The molecular weight excluding hydrogens is 1320 g/mol. The zero-order valence-electron chi connectivity index (χ0n) is 54.3. The molecule has 4 atom stereocenters. The number of carboxylic acids is 1. The maximum absolute atomic E-state index is 12.7. The van der Waals surface area contributed by atoms with E-state index in [0.29, 0.717) is 55.4 Å². The second-order valence-corrected chi connectivity index (χ2v) is 26.2. The number of amides is 5. The number of nitrogens with two attached hydrogens (primary N) is 1. The number of nitrogens with one attached hydrogen (secondary N) is 3. The predicted molar refractivity (Wildman–Crippen MR) is 374 cm³/mol. The SMILES string of the molecule is C=CC(=O)Nc1ccc(C(=O)N2CC[C@@H](Cc3ccc(Cl)cn3)C2)cc1.C=CC(=O)Nc1ccc(C(=O)O)cc1.CC(C)(C)OC(=O)N1CC[C@@H](Cc2ccc(Cl)cn2)C1.CC(C)(C)OC(=O)N1CC[C@@H](N)C1.Cl.Clc1ccc(C[C@@H]2CCNC2)nc1.Fc1ccc(Cl)cn1. The normalized spacial score (nSPS) is 16.9. The van der Waals surface area contributed by atoms with E-state index in [-0.39, 0.29) is 53.9 Å². The van der Waals surface area contributed by atoms with Crippen LogP contribution < -0.4 is 21.7 Å². The summed E-state index contributed by atoms with van der Waals surface area (Å²) in [5, 5.41) is 19.6. The molecule has 6 aromatic rings. The molecule has 20 nitrogen and oxygen atoms in total. The van der Waals surface area contributed by atoms with Crippen molar-refractivity contribution in [2.45, 2.75) is 104 Å². The lowest BCUT2D eigenvalue weighted by atomic mass is 10.0.